The van der Waals surface area contributed by atoms with Crippen LogP contribution in [-0.4, -0.2) is 47.8 Å². The van der Waals surface area contributed by atoms with Crippen LogP contribution in [0.1, 0.15) is 58.3 Å². The van der Waals surface area contributed by atoms with Crippen molar-refractivity contribution >= 4 is 5.97 Å². The molecule has 1 saturated heterocycles. The van der Waals surface area contributed by atoms with Crippen LogP contribution in [-0.2, 0) is 9.53 Å². The van der Waals surface area contributed by atoms with E-state index in [-0.39, 0.29) is 12.5 Å². The van der Waals surface area contributed by atoms with E-state index in [0.717, 1.165) is 31.8 Å². The zero-order valence-corrected chi connectivity index (χ0v) is 12.7. The largest absolute Gasteiger partial charge is 0.481 e. The minimum Gasteiger partial charge on any atom is -0.481 e. The molecule has 2 rings (SSSR count). The van der Waals surface area contributed by atoms with Crippen molar-refractivity contribution in [3.63, 3.8) is 0 Å². The SMILES string of the molecule is CC(C1CCCCC1)N1CCC(OCCC(=O)O)CC1. The minimum atomic E-state index is -0.770. The first kappa shape index (κ1) is 15.8. The molecule has 1 heterocycles. The second-order valence-corrected chi connectivity index (χ2v) is 6.39. The maximum absolute atomic E-state index is 10.5. The Morgan fingerprint density at radius 2 is 1.85 bits per heavy atom. The average Bonchev–Trinajstić information content (AvgIpc) is 2.48. The Balaban J connectivity index is 1.66. The summed E-state index contributed by atoms with van der Waals surface area (Å²) in [5, 5.41) is 8.61. The highest BCUT2D eigenvalue weighted by Gasteiger charge is 2.28. The average molecular weight is 283 g/mol. The summed E-state index contributed by atoms with van der Waals surface area (Å²) in [6, 6.07) is 0.704. The third kappa shape index (κ3) is 4.74. The highest BCUT2D eigenvalue weighted by molar-refractivity contribution is 5.66. The molecule has 20 heavy (non-hydrogen) atoms. The fourth-order valence-corrected chi connectivity index (χ4v) is 3.68. The number of carbonyl (C=O) groups is 1. The van der Waals surface area contributed by atoms with E-state index in [9.17, 15) is 4.79 Å². The maximum Gasteiger partial charge on any atom is 0.305 e. The van der Waals surface area contributed by atoms with Crippen molar-refractivity contribution in [1.29, 1.82) is 0 Å². The number of aliphatic carboxylic acids is 1. The van der Waals surface area contributed by atoms with Gasteiger partial charge in [-0.3, -0.25) is 4.79 Å². The Hall–Kier alpha value is -0.610. The summed E-state index contributed by atoms with van der Waals surface area (Å²) in [5.74, 6) is 0.113. The van der Waals surface area contributed by atoms with Gasteiger partial charge in [0.15, 0.2) is 0 Å². The predicted molar refractivity (Wildman–Crippen MR) is 78.8 cm³/mol. The van der Waals surface area contributed by atoms with Gasteiger partial charge < -0.3 is 14.7 Å². The van der Waals surface area contributed by atoms with Crippen LogP contribution in [0.2, 0.25) is 0 Å². The molecule has 1 aliphatic heterocycles. The second-order valence-electron chi connectivity index (χ2n) is 6.39. The van der Waals surface area contributed by atoms with Gasteiger partial charge >= 0.3 is 5.97 Å². The smallest absolute Gasteiger partial charge is 0.305 e. The first-order valence-corrected chi connectivity index (χ1v) is 8.24. The molecule has 1 N–H and O–H groups in total. The summed E-state index contributed by atoms with van der Waals surface area (Å²) >= 11 is 0. The van der Waals surface area contributed by atoms with E-state index in [4.69, 9.17) is 9.84 Å². The molecule has 0 aromatic heterocycles. The molecular formula is C16H29NO3. The summed E-state index contributed by atoms with van der Waals surface area (Å²) in [4.78, 5) is 13.1. The Kier molecular flexibility index (Phi) is 6.30. The number of rotatable bonds is 6. The van der Waals surface area contributed by atoms with Gasteiger partial charge in [-0.2, -0.15) is 0 Å². The predicted octanol–water partition coefficient (Wildman–Crippen LogP) is 2.91. The highest BCUT2D eigenvalue weighted by Crippen LogP contribution is 2.30. The van der Waals surface area contributed by atoms with Gasteiger partial charge in [0, 0.05) is 19.1 Å². The topological polar surface area (TPSA) is 49.8 Å². The number of ether oxygens (including phenoxy) is 1. The van der Waals surface area contributed by atoms with Crippen molar-refractivity contribution in [2.75, 3.05) is 19.7 Å². The second kappa shape index (κ2) is 7.99. The van der Waals surface area contributed by atoms with Gasteiger partial charge in [-0.15, -0.1) is 0 Å². The molecule has 1 unspecified atom stereocenters. The quantitative estimate of drug-likeness (QED) is 0.814. The van der Waals surface area contributed by atoms with Gasteiger partial charge in [-0.25, -0.2) is 0 Å². The van der Waals surface area contributed by atoms with E-state index in [0.29, 0.717) is 12.6 Å². The molecule has 0 bridgehead atoms. The Bertz CT molecular complexity index is 294. The first-order valence-electron chi connectivity index (χ1n) is 8.24. The van der Waals surface area contributed by atoms with Gasteiger partial charge in [0.25, 0.3) is 0 Å². The number of likely N-dealkylation sites (tertiary alicyclic amines) is 1. The molecule has 4 heteroatoms. The lowest BCUT2D eigenvalue weighted by Crippen LogP contribution is -2.45. The molecule has 1 saturated carbocycles. The normalized spacial score (nSPS) is 24.6. The van der Waals surface area contributed by atoms with E-state index in [1.807, 2.05) is 0 Å². The van der Waals surface area contributed by atoms with Crippen molar-refractivity contribution in [3.8, 4) is 0 Å². The zero-order chi connectivity index (χ0) is 14.4. The van der Waals surface area contributed by atoms with Crippen molar-refractivity contribution < 1.29 is 14.6 Å². The Labute approximate surface area is 122 Å². The van der Waals surface area contributed by atoms with Gasteiger partial charge in [0.1, 0.15) is 0 Å². The van der Waals surface area contributed by atoms with Crippen molar-refractivity contribution in [3.05, 3.63) is 0 Å². The van der Waals surface area contributed by atoms with Crippen LogP contribution in [0.5, 0.6) is 0 Å². The van der Waals surface area contributed by atoms with Crippen LogP contribution in [0.4, 0.5) is 0 Å². The number of piperidine rings is 1. The molecule has 1 atom stereocenters. The third-order valence-electron chi connectivity index (χ3n) is 5.05. The summed E-state index contributed by atoms with van der Waals surface area (Å²) in [5.41, 5.74) is 0. The van der Waals surface area contributed by atoms with E-state index in [2.05, 4.69) is 11.8 Å². The number of nitrogens with zero attached hydrogens (tertiary/aromatic N) is 1. The maximum atomic E-state index is 10.5. The number of carboxylic acid groups (broad SMARTS) is 1. The lowest BCUT2D eigenvalue weighted by molar-refractivity contribution is -0.138. The Morgan fingerprint density at radius 1 is 1.20 bits per heavy atom. The molecule has 0 amide bonds. The fourth-order valence-electron chi connectivity index (χ4n) is 3.68. The zero-order valence-electron chi connectivity index (χ0n) is 12.7. The van der Waals surface area contributed by atoms with Gasteiger partial charge in [-0.05, 0) is 38.5 Å². The monoisotopic (exact) mass is 283 g/mol. The van der Waals surface area contributed by atoms with E-state index >= 15 is 0 Å². The lowest BCUT2D eigenvalue weighted by atomic mass is 9.83. The summed E-state index contributed by atoms with van der Waals surface area (Å²) in [6.07, 6.45) is 9.53. The fraction of sp³-hybridized carbons (Fsp3) is 0.938. The molecule has 2 aliphatic rings. The summed E-state index contributed by atoms with van der Waals surface area (Å²) in [7, 11) is 0. The highest BCUT2D eigenvalue weighted by atomic mass is 16.5. The number of carboxylic acids is 1. The van der Waals surface area contributed by atoms with E-state index in [1.165, 1.54) is 32.1 Å². The number of hydrogen-bond acceptors (Lipinski definition) is 3. The molecule has 0 aromatic carbocycles. The third-order valence-corrected chi connectivity index (χ3v) is 5.05. The number of hydrogen-bond donors (Lipinski definition) is 1. The van der Waals surface area contributed by atoms with E-state index < -0.39 is 5.97 Å². The summed E-state index contributed by atoms with van der Waals surface area (Å²) < 4.78 is 5.66. The first-order chi connectivity index (χ1) is 9.66. The van der Waals surface area contributed by atoms with Gasteiger partial charge in [0.05, 0.1) is 19.1 Å². The van der Waals surface area contributed by atoms with Gasteiger partial charge in [-0.1, -0.05) is 19.3 Å². The van der Waals surface area contributed by atoms with Gasteiger partial charge in [0.2, 0.25) is 0 Å². The lowest BCUT2D eigenvalue weighted by Gasteiger charge is -2.40. The van der Waals surface area contributed by atoms with Crippen LogP contribution < -0.4 is 0 Å². The van der Waals surface area contributed by atoms with Crippen molar-refractivity contribution in [2.24, 2.45) is 5.92 Å². The van der Waals surface area contributed by atoms with E-state index in [1.54, 1.807) is 0 Å². The standard InChI is InChI=1S/C16H29NO3/c1-13(14-5-3-2-4-6-14)17-10-7-15(8-11-17)20-12-9-16(18)19/h13-15H,2-12H2,1H3,(H,18,19). The molecular weight excluding hydrogens is 254 g/mol. The molecule has 116 valence electrons. The van der Waals surface area contributed by atoms with Crippen LogP contribution in [0.3, 0.4) is 0 Å². The van der Waals surface area contributed by atoms with Crippen LogP contribution in [0.25, 0.3) is 0 Å². The molecule has 0 aromatic rings. The molecule has 4 nitrogen and oxygen atoms in total. The summed E-state index contributed by atoms with van der Waals surface area (Å²) in [6.45, 7) is 4.96. The van der Waals surface area contributed by atoms with Crippen molar-refractivity contribution in [2.45, 2.75) is 70.4 Å². The van der Waals surface area contributed by atoms with Crippen LogP contribution in [0.15, 0.2) is 0 Å². The Morgan fingerprint density at radius 3 is 2.45 bits per heavy atom. The molecule has 2 fully saturated rings. The minimum absolute atomic E-state index is 0.124. The van der Waals surface area contributed by atoms with Crippen molar-refractivity contribution in [1.82, 2.24) is 4.90 Å². The van der Waals surface area contributed by atoms with Crippen LogP contribution in [0, 0.1) is 5.92 Å². The molecule has 0 spiro atoms. The molecule has 1 aliphatic carbocycles. The molecule has 0 radical (unpaired) electrons. The van der Waals surface area contributed by atoms with Crippen LogP contribution >= 0.6 is 0 Å².